The maximum atomic E-state index is 12.1. The van der Waals surface area contributed by atoms with Crippen molar-refractivity contribution in [3.8, 4) is 5.75 Å². The van der Waals surface area contributed by atoms with E-state index in [1.54, 1.807) is 48.5 Å². The standard InChI is InChI=1S/C20H18N2O5/c1-2-26-16-7-3-13(4-8-16)20(25)21-12-18(23)22-15-6-9-17-14(11-15)5-10-19(24)27-17/h3-11H,2,12H2,1H3,(H,21,25)(H,22,23). The summed E-state index contributed by atoms with van der Waals surface area (Å²) in [5, 5.41) is 5.94. The van der Waals surface area contributed by atoms with Crippen LogP contribution >= 0.6 is 0 Å². The van der Waals surface area contributed by atoms with Gasteiger partial charge in [-0.15, -0.1) is 0 Å². The van der Waals surface area contributed by atoms with Crippen LogP contribution < -0.4 is 21.0 Å². The SMILES string of the molecule is CCOc1ccc(C(=O)NCC(=O)Nc2ccc3oc(=O)ccc3c2)cc1. The Labute approximate surface area is 154 Å². The van der Waals surface area contributed by atoms with Gasteiger partial charge in [0, 0.05) is 22.7 Å². The van der Waals surface area contributed by atoms with E-state index in [0.29, 0.717) is 34.6 Å². The highest BCUT2D eigenvalue weighted by atomic mass is 16.5. The van der Waals surface area contributed by atoms with Crippen molar-refractivity contribution in [2.45, 2.75) is 6.92 Å². The van der Waals surface area contributed by atoms with E-state index in [0.717, 1.165) is 0 Å². The molecular formula is C20H18N2O5. The molecule has 7 heteroatoms. The summed E-state index contributed by atoms with van der Waals surface area (Å²) >= 11 is 0. The number of rotatable bonds is 6. The maximum absolute atomic E-state index is 12.1. The summed E-state index contributed by atoms with van der Waals surface area (Å²) in [5.74, 6) is -0.0431. The Hall–Kier alpha value is -3.61. The molecule has 0 bridgehead atoms. The first kappa shape index (κ1) is 18.2. The first-order valence-electron chi connectivity index (χ1n) is 8.40. The van der Waals surface area contributed by atoms with E-state index in [1.165, 1.54) is 6.07 Å². The highest BCUT2D eigenvalue weighted by molar-refractivity contribution is 6.00. The van der Waals surface area contributed by atoms with E-state index in [-0.39, 0.29) is 18.4 Å². The molecule has 0 unspecified atom stereocenters. The van der Waals surface area contributed by atoms with Crippen molar-refractivity contribution in [2.24, 2.45) is 0 Å². The van der Waals surface area contributed by atoms with Crippen LogP contribution in [0.25, 0.3) is 11.0 Å². The molecule has 0 saturated carbocycles. The van der Waals surface area contributed by atoms with Crippen LogP contribution in [0.1, 0.15) is 17.3 Å². The highest BCUT2D eigenvalue weighted by Crippen LogP contribution is 2.17. The molecule has 3 rings (SSSR count). The summed E-state index contributed by atoms with van der Waals surface area (Å²) in [4.78, 5) is 35.3. The molecule has 2 N–H and O–H groups in total. The molecule has 0 atom stereocenters. The monoisotopic (exact) mass is 366 g/mol. The van der Waals surface area contributed by atoms with Gasteiger partial charge in [0.15, 0.2) is 0 Å². The van der Waals surface area contributed by atoms with Gasteiger partial charge in [0.2, 0.25) is 5.91 Å². The molecule has 3 aromatic rings. The molecule has 0 spiro atoms. The number of hydrogen-bond donors (Lipinski definition) is 2. The van der Waals surface area contributed by atoms with Crippen LogP contribution in [0.3, 0.4) is 0 Å². The molecule has 0 aliphatic heterocycles. The first-order valence-corrected chi connectivity index (χ1v) is 8.40. The highest BCUT2D eigenvalue weighted by Gasteiger charge is 2.09. The fourth-order valence-corrected chi connectivity index (χ4v) is 2.49. The third-order valence-corrected chi connectivity index (χ3v) is 3.74. The van der Waals surface area contributed by atoms with Crippen molar-refractivity contribution >= 4 is 28.5 Å². The second-order valence-corrected chi connectivity index (χ2v) is 5.70. The number of hydrogen-bond acceptors (Lipinski definition) is 5. The minimum Gasteiger partial charge on any atom is -0.494 e. The average molecular weight is 366 g/mol. The number of benzene rings is 2. The quantitative estimate of drug-likeness (QED) is 0.654. The normalized spacial score (nSPS) is 10.4. The molecule has 0 saturated heterocycles. The molecule has 0 radical (unpaired) electrons. The van der Waals surface area contributed by atoms with Crippen LogP contribution in [0.4, 0.5) is 5.69 Å². The van der Waals surface area contributed by atoms with E-state index >= 15 is 0 Å². The molecule has 0 aliphatic rings. The Bertz CT molecular complexity index is 1020. The predicted molar refractivity (Wildman–Crippen MR) is 101 cm³/mol. The van der Waals surface area contributed by atoms with E-state index < -0.39 is 5.63 Å². The minimum atomic E-state index is -0.434. The van der Waals surface area contributed by atoms with Gasteiger partial charge in [0.25, 0.3) is 5.91 Å². The predicted octanol–water partition coefficient (Wildman–Crippen LogP) is 2.56. The molecule has 1 aromatic heterocycles. The van der Waals surface area contributed by atoms with Crippen LogP contribution in [-0.4, -0.2) is 25.0 Å². The molecule has 7 nitrogen and oxygen atoms in total. The van der Waals surface area contributed by atoms with Gasteiger partial charge in [-0.25, -0.2) is 4.79 Å². The van der Waals surface area contributed by atoms with Crippen LogP contribution in [0.15, 0.2) is 63.8 Å². The smallest absolute Gasteiger partial charge is 0.336 e. The van der Waals surface area contributed by atoms with Gasteiger partial charge >= 0.3 is 5.63 Å². The lowest BCUT2D eigenvalue weighted by Crippen LogP contribution is -2.32. The zero-order chi connectivity index (χ0) is 19.2. The van der Waals surface area contributed by atoms with Crippen LogP contribution in [0.2, 0.25) is 0 Å². The van der Waals surface area contributed by atoms with Crippen molar-refractivity contribution < 1.29 is 18.7 Å². The summed E-state index contributed by atoms with van der Waals surface area (Å²) in [5.41, 5.74) is 0.976. The molecular weight excluding hydrogens is 348 g/mol. The molecule has 1 heterocycles. The van der Waals surface area contributed by atoms with Gasteiger partial charge in [-0.3, -0.25) is 9.59 Å². The number of amides is 2. The average Bonchev–Trinajstić information content (AvgIpc) is 2.67. The number of ether oxygens (including phenoxy) is 1. The Morgan fingerprint density at radius 2 is 1.81 bits per heavy atom. The number of carbonyl (C=O) groups excluding carboxylic acids is 2. The van der Waals surface area contributed by atoms with E-state index in [1.807, 2.05) is 6.92 Å². The van der Waals surface area contributed by atoms with Crippen molar-refractivity contribution in [2.75, 3.05) is 18.5 Å². The lowest BCUT2D eigenvalue weighted by atomic mass is 10.2. The van der Waals surface area contributed by atoms with Crippen LogP contribution in [0.5, 0.6) is 5.75 Å². The molecule has 27 heavy (non-hydrogen) atoms. The topological polar surface area (TPSA) is 97.6 Å². The van der Waals surface area contributed by atoms with Gasteiger partial charge in [0.1, 0.15) is 11.3 Å². The summed E-state index contributed by atoms with van der Waals surface area (Å²) < 4.78 is 10.4. The van der Waals surface area contributed by atoms with E-state index in [2.05, 4.69) is 10.6 Å². The molecule has 138 valence electrons. The Morgan fingerprint density at radius 3 is 2.56 bits per heavy atom. The van der Waals surface area contributed by atoms with Gasteiger partial charge in [0.05, 0.1) is 13.2 Å². The van der Waals surface area contributed by atoms with Gasteiger partial charge < -0.3 is 19.8 Å². The van der Waals surface area contributed by atoms with Gasteiger partial charge in [-0.1, -0.05) is 0 Å². The third-order valence-electron chi connectivity index (χ3n) is 3.74. The van der Waals surface area contributed by atoms with Crippen molar-refractivity contribution in [1.82, 2.24) is 5.32 Å². The Kier molecular flexibility index (Phi) is 5.51. The van der Waals surface area contributed by atoms with E-state index in [4.69, 9.17) is 9.15 Å². The van der Waals surface area contributed by atoms with Crippen molar-refractivity contribution in [1.29, 1.82) is 0 Å². The Morgan fingerprint density at radius 1 is 1.04 bits per heavy atom. The number of fused-ring (bicyclic) bond motifs is 1. The lowest BCUT2D eigenvalue weighted by Gasteiger charge is -2.08. The van der Waals surface area contributed by atoms with Gasteiger partial charge in [-0.2, -0.15) is 0 Å². The zero-order valence-corrected chi connectivity index (χ0v) is 14.7. The lowest BCUT2D eigenvalue weighted by molar-refractivity contribution is -0.115. The number of carbonyl (C=O) groups is 2. The van der Waals surface area contributed by atoms with Crippen molar-refractivity contribution in [3.63, 3.8) is 0 Å². The number of nitrogens with one attached hydrogen (secondary N) is 2. The number of anilines is 1. The molecule has 0 aliphatic carbocycles. The molecule has 0 fully saturated rings. The van der Waals surface area contributed by atoms with Crippen molar-refractivity contribution in [3.05, 3.63) is 70.6 Å². The maximum Gasteiger partial charge on any atom is 0.336 e. The third kappa shape index (κ3) is 4.72. The van der Waals surface area contributed by atoms with Crippen LogP contribution in [0, 0.1) is 0 Å². The summed E-state index contributed by atoms with van der Waals surface area (Å²) in [6, 6.07) is 14.5. The first-order chi connectivity index (χ1) is 13.0. The molecule has 2 aromatic carbocycles. The Balaban J connectivity index is 1.56. The minimum absolute atomic E-state index is 0.173. The molecule has 2 amide bonds. The van der Waals surface area contributed by atoms with E-state index in [9.17, 15) is 14.4 Å². The fourth-order valence-electron chi connectivity index (χ4n) is 2.49. The van der Waals surface area contributed by atoms with Gasteiger partial charge in [-0.05, 0) is 55.5 Å². The summed E-state index contributed by atoms with van der Waals surface area (Å²) in [6.45, 7) is 2.26. The summed E-state index contributed by atoms with van der Waals surface area (Å²) in [6.07, 6.45) is 0. The van der Waals surface area contributed by atoms with Crippen LogP contribution in [-0.2, 0) is 4.79 Å². The second-order valence-electron chi connectivity index (χ2n) is 5.70. The zero-order valence-electron chi connectivity index (χ0n) is 14.7. The second kappa shape index (κ2) is 8.18. The largest absolute Gasteiger partial charge is 0.494 e. The summed E-state index contributed by atoms with van der Waals surface area (Å²) in [7, 11) is 0. The fraction of sp³-hybridized carbons (Fsp3) is 0.150.